The van der Waals surface area contributed by atoms with E-state index in [9.17, 15) is 19.2 Å². The van der Waals surface area contributed by atoms with Crippen molar-refractivity contribution in [3.05, 3.63) is 65.2 Å². The average Bonchev–Trinajstić information content (AvgIpc) is 3.18. The first-order valence-corrected chi connectivity index (χ1v) is 13.6. The van der Waals surface area contributed by atoms with Gasteiger partial charge in [-0.1, -0.05) is 50.5 Å². The highest BCUT2D eigenvalue weighted by Gasteiger charge is 2.35. The minimum atomic E-state index is -0.606. The van der Waals surface area contributed by atoms with Crippen LogP contribution in [-0.2, 0) is 16.1 Å². The topological polar surface area (TPSA) is 96.0 Å². The van der Waals surface area contributed by atoms with E-state index in [-0.39, 0.29) is 49.2 Å². The zero-order chi connectivity index (χ0) is 27.1. The van der Waals surface area contributed by atoms with Gasteiger partial charge in [-0.05, 0) is 55.5 Å². The Morgan fingerprint density at radius 1 is 1.00 bits per heavy atom. The van der Waals surface area contributed by atoms with Gasteiger partial charge in [-0.3, -0.25) is 24.1 Å². The number of ether oxygens (including phenoxy) is 1. The lowest BCUT2D eigenvalue weighted by Gasteiger charge is -2.33. The Hall–Kier alpha value is -3.68. The van der Waals surface area contributed by atoms with Crippen LogP contribution in [0.2, 0.25) is 0 Å². The molecule has 38 heavy (non-hydrogen) atoms. The van der Waals surface area contributed by atoms with Gasteiger partial charge in [0.1, 0.15) is 11.8 Å². The van der Waals surface area contributed by atoms with Crippen molar-refractivity contribution in [2.45, 2.75) is 76.9 Å². The van der Waals surface area contributed by atoms with Crippen LogP contribution in [0.4, 0.5) is 0 Å². The highest BCUT2D eigenvalue weighted by molar-refractivity contribution is 6.21. The molecule has 0 bridgehead atoms. The standard InChI is InChI=1S/C30H37N3O5/c1-3-26(28(35)31-22-10-5-4-6-11-22)33(20-21-15-17-23(38-2)18-16-21)27(34)14-9-19-32-29(36)24-12-7-8-13-25(24)30(32)37/h7-8,12-13,15-18,22,26H,3-6,9-11,14,19-20H2,1-2H3,(H,31,35). The number of carbonyl (C=O) groups is 4. The molecule has 0 aromatic heterocycles. The second kappa shape index (κ2) is 12.7. The molecule has 1 saturated carbocycles. The van der Waals surface area contributed by atoms with Crippen molar-refractivity contribution >= 4 is 23.6 Å². The number of nitrogens with one attached hydrogen (secondary N) is 1. The van der Waals surface area contributed by atoms with E-state index in [4.69, 9.17) is 4.74 Å². The van der Waals surface area contributed by atoms with Gasteiger partial charge in [-0.2, -0.15) is 0 Å². The first kappa shape index (κ1) is 27.4. The predicted octanol–water partition coefficient (Wildman–Crippen LogP) is 4.33. The van der Waals surface area contributed by atoms with Crippen LogP contribution in [0.5, 0.6) is 5.75 Å². The van der Waals surface area contributed by atoms with E-state index in [0.29, 0.717) is 24.0 Å². The molecule has 8 nitrogen and oxygen atoms in total. The quantitative estimate of drug-likeness (QED) is 0.446. The fourth-order valence-corrected chi connectivity index (χ4v) is 5.37. The van der Waals surface area contributed by atoms with E-state index < -0.39 is 6.04 Å². The summed E-state index contributed by atoms with van der Waals surface area (Å²) in [5.41, 5.74) is 1.69. The van der Waals surface area contributed by atoms with Crippen LogP contribution < -0.4 is 10.1 Å². The zero-order valence-corrected chi connectivity index (χ0v) is 22.3. The lowest BCUT2D eigenvalue weighted by Crippen LogP contribution is -2.51. The largest absolute Gasteiger partial charge is 0.497 e. The molecular formula is C30H37N3O5. The molecule has 0 saturated heterocycles. The van der Waals surface area contributed by atoms with Crippen LogP contribution in [-0.4, -0.2) is 59.2 Å². The van der Waals surface area contributed by atoms with Gasteiger partial charge in [0.25, 0.3) is 11.8 Å². The molecule has 1 unspecified atom stereocenters. The van der Waals surface area contributed by atoms with Crippen LogP contribution in [0.15, 0.2) is 48.5 Å². The van der Waals surface area contributed by atoms with E-state index in [1.807, 2.05) is 31.2 Å². The third-order valence-corrected chi connectivity index (χ3v) is 7.50. The summed E-state index contributed by atoms with van der Waals surface area (Å²) in [6, 6.07) is 13.8. The molecule has 1 fully saturated rings. The van der Waals surface area contributed by atoms with Crippen LogP contribution in [0.25, 0.3) is 0 Å². The number of carbonyl (C=O) groups excluding carboxylic acids is 4. The smallest absolute Gasteiger partial charge is 0.261 e. The molecule has 2 aliphatic rings. The average molecular weight is 520 g/mol. The monoisotopic (exact) mass is 519 g/mol. The summed E-state index contributed by atoms with van der Waals surface area (Å²) < 4.78 is 5.25. The molecule has 1 aliphatic heterocycles. The first-order chi connectivity index (χ1) is 18.4. The highest BCUT2D eigenvalue weighted by atomic mass is 16.5. The lowest BCUT2D eigenvalue weighted by molar-refractivity contribution is -0.142. The van der Waals surface area contributed by atoms with Crippen LogP contribution in [0.1, 0.15) is 84.6 Å². The molecule has 0 radical (unpaired) electrons. The summed E-state index contributed by atoms with van der Waals surface area (Å²) in [4.78, 5) is 55.1. The Morgan fingerprint density at radius 3 is 2.21 bits per heavy atom. The molecule has 8 heteroatoms. The number of amides is 4. The van der Waals surface area contributed by atoms with Crippen molar-refractivity contribution in [1.82, 2.24) is 15.1 Å². The first-order valence-electron chi connectivity index (χ1n) is 13.6. The fraction of sp³-hybridized carbons (Fsp3) is 0.467. The summed E-state index contributed by atoms with van der Waals surface area (Å²) in [5.74, 6) is -0.239. The van der Waals surface area contributed by atoms with Gasteiger partial charge in [-0.25, -0.2) is 0 Å². The van der Waals surface area contributed by atoms with Crippen molar-refractivity contribution in [3.8, 4) is 5.75 Å². The highest BCUT2D eigenvalue weighted by Crippen LogP contribution is 2.24. The van der Waals surface area contributed by atoms with Gasteiger partial charge >= 0.3 is 0 Å². The number of nitrogens with zero attached hydrogens (tertiary/aromatic N) is 2. The lowest BCUT2D eigenvalue weighted by atomic mass is 9.95. The molecule has 1 aliphatic carbocycles. The maximum absolute atomic E-state index is 13.6. The third-order valence-electron chi connectivity index (χ3n) is 7.50. The van der Waals surface area contributed by atoms with Gasteiger partial charge in [0.2, 0.25) is 11.8 Å². The van der Waals surface area contributed by atoms with Crippen LogP contribution in [0.3, 0.4) is 0 Å². The molecule has 2 aromatic carbocycles. The minimum absolute atomic E-state index is 0.122. The number of imide groups is 1. The van der Waals surface area contributed by atoms with Gasteiger partial charge in [0.05, 0.1) is 18.2 Å². The summed E-state index contributed by atoms with van der Waals surface area (Å²) >= 11 is 0. The number of benzene rings is 2. The molecule has 1 heterocycles. The van der Waals surface area contributed by atoms with Crippen LogP contribution >= 0.6 is 0 Å². The minimum Gasteiger partial charge on any atom is -0.497 e. The second-order valence-corrected chi connectivity index (χ2v) is 10.0. The zero-order valence-electron chi connectivity index (χ0n) is 22.3. The molecule has 4 amide bonds. The van der Waals surface area contributed by atoms with Gasteiger partial charge in [-0.15, -0.1) is 0 Å². The Morgan fingerprint density at radius 2 is 1.63 bits per heavy atom. The molecule has 1 atom stereocenters. The number of hydrogen-bond donors (Lipinski definition) is 1. The molecule has 2 aromatic rings. The fourth-order valence-electron chi connectivity index (χ4n) is 5.37. The van der Waals surface area contributed by atoms with Gasteiger partial charge in [0.15, 0.2) is 0 Å². The Kier molecular flexibility index (Phi) is 9.15. The molecular weight excluding hydrogens is 482 g/mol. The summed E-state index contributed by atoms with van der Waals surface area (Å²) in [6.07, 6.45) is 6.27. The van der Waals surface area contributed by atoms with Gasteiger partial charge in [0, 0.05) is 25.6 Å². The van der Waals surface area contributed by atoms with E-state index in [1.54, 1.807) is 36.3 Å². The number of fused-ring (bicyclic) bond motifs is 1. The normalized spacial score (nSPS) is 16.2. The number of hydrogen-bond acceptors (Lipinski definition) is 5. The molecule has 1 N–H and O–H groups in total. The number of methoxy groups -OCH3 is 1. The van der Waals surface area contributed by atoms with Crippen molar-refractivity contribution in [2.75, 3.05) is 13.7 Å². The Labute approximate surface area is 224 Å². The van der Waals surface area contributed by atoms with Crippen molar-refractivity contribution in [1.29, 1.82) is 0 Å². The van der Waals surface area contributed by atoms with Crippen molar-refractivity contribution in [2.24, 2.45) is 0 Å². The van der Waals surface area contributed by atoms with E-state index >= 15 is 0 Å². The summed E-state index contributed by atoms with van der Waals surface area (Å²) in [7, 11) is 1.60. The van der Waals surface area contributed by atoms with E-state index in [1.165, 1.54) is 11.3 Å². The van der Waals surface area contributed by atoms with Crippen LogP contribution in [0, 0.1) is 0 Å². The van der Waals surface area contributed by atoms with E-state index in [2.05, 4.69) is 5.32 Å². The van der Waals surface area contributed by atoms with Crippen molar-refractivity contribution in [3.63, 3.8) is 0 Å². The Bertz CT molecular complexity index is 1120. The maximum atomic E-state index is 13.6. The SMILES string of the molecule is CCC(C(=O)NC1CCCCC1)N(Cc1ccc(OC)cc1)C(=O)CCCN1C(=O)c2ccccc2C1=O. The number of rotatable bonds is 11. The molecule has 0 spiro atoms. The third kappa shape index (κ3) is 6.23. The van der Waals surface area contributed by atoms with Gasteiger partial charge < -0.3 is 15.0 Å². The summed E-state index contributed by atoms with van der Waals surface area (Å²) in [5, 5.41) is 3.18. The molecule has 4 rings (SSSR count). The van der Waals surface area contributed by atoms with Crippen molar-refractivity contribution < 1.29 is 23.9 Å². The van der Waals surface area contributed by atoms with E-state index in [0.717, 1.165) is 37.0 Å². The summed E-state index contributed by atoms with van der Waals surface area (Å²) in [6.45, 7) is 2.35. The second-order valence-electron chi connectivity index (χ2n) is 10.0. The Balaban J connectivity index is 1.44. The predicted molar refractivity (Wildman–Crippen MR) is 144 cm³/mol. The molecule has 202 valence electrons. The maximum Gasteiger partial charge on any atom is 0.261 e.